The molecule has 2 fully saturated rings. The number of carboxylic acids is 1. The zero-order valence-electron chi connectivity index (χ0n) is 10.8. The summed E-state index contributed by atoms with van der Waals surface area (Å²) in [7, 11) is 0. The molecule has 0 spiro atoms. The Hall–Kier alpha value is -1.04. The average molecular weight is 347 g/mol. The lowest BCUT2D eigenvalue weighted by atomic mass is 9.89. The molecule has 8 nitrogen and oxygen atoms in total. The topological polar surface area (TPSA) is 135 Å². The Morgan fingerprint density at radius 3 is 2.95 bits per heavy atom. The van der Waals surface area contributed by atoms with E-state index in [1.54, 1.807) is 4.90 Å². The van der Waals surface area contributed by atoms with Gasteiger partial charge in [0.2, 0.25) is 11.0 Å². The van der Waals surface area contributed by atoms with Crippen LogP contribution in [0.3, 0.4) is 0 Å². The maximum atomic E-state index is 11.7. The van der Waals surface area contributed by atoms with Gasteiger partial charge < -0.3 is 21.5 Å². The molecule has 114 valence electrons. The summed E-state index contributed by atoms with van der Waals surface area (Å²) >= 11 is 3.96. The van der Waals surface area contributed by atoms with Crippen molar-refractivity contribution in [1.29, 1.82) is 0 Å². The number of β-lactam (4-membered cyclic amide) rings is 1. The SMILES string of the molecule is Nc1nnc(SCC2(C(=O)O)CS[C@@H]3C(N)C(=O)N3C2)s1. The van der Waals surface area contributed by atoms with Crippen molar-refractivity contribution < 1.29 is 14.7 Å². The van der Waals surface area contributed by atoms with E-state index in [1.165, 1.54) is 34.9 Å². The Kier molecular flexibility index (Phi) is 3.76. The maximum Gasteiger partial charge on any atom is 0.313 e. The quantitative estimate of drug-likeness (QED) is 0.487. The first kappa shape index (κ1) is 14.9. The molecular formula is C10H13N5O3S3. The minimum atomic E-state index is -0.998. The summed E-state index contributed by atoms with van der Waals surface area (Å²) in [6.45, 7) is 0.188. The molecule has 2 aliphatic heterocycles. The third-order valence-electron chi connectivity index (χ3n) is 3.53. The zero-order valence-corrected chi connectivity index (χ0v) is 13.2. The molecule has 3 atom stereocenters. The van der Waals surface area contributed by atoms with E-state index in [-0.39, 0.29) is 17.8 Å². The van der Waals surface area contributed by atoms with Crippen LogP contribution < -0.4 is 11.5 Å². The molecule has 1 amide bonds. The number of hydrogen-bond acceptors (Lipinski definition) is 9. The monoisotopic (exact) mass is 347 g/mol. The third-order valence-corrected chi connectivity index (χ3v) is 7.32. The van der Waals surface area contributed by atoms with Gasteiger partial charge >= 0.3 is 5.97 Å². The zero-order chi connectivity index (χ0) is 15.2. The van der Waals surface area contributed by atoms with Crippen molar-refractivity contribution in [2.75, 3.05) is 23.8 Å². The number of aliphatic carboxylic acids is 1. The van der Waals surface area contributed by atoms with Crippen molar-refractivity contribution in [1.82, 2.24) is 15.1 Å². The van der Waals surface area contributed by atoms with Gasteiger partial charge in [0, 0.05) is 18.1 Å². The van der Waals surface area contributed by atoms with Crippen LogP contribution in [0.15, 0.2) is 4.34 Å². The molecule has 2 aliphatic rings. The van der Waals surface area contributed by atoms with Gasteiger partial charge in [-0.15, -0.1) is 22.0 Å². The van der Waals surface area contributed by atoms with Crippen LogP contribution in [-0.2, 0) is 9.59 Å². The molecule has 21 heavy (non-hydrogen) atoms. The van der Waals surface area contributed by atoms with Crippen LogP contribution in [0.4, 0.5) is 5.13 Å². The van der Waals surface area contributed by atoms with E-state index in [9.17, 15) is 14.7 Å². The highest BCUT2D eigenvalue weighted by Gasteiger charge is 2.55. The Balaban J connectivity index is 1.72. The summed E-state index contributed by atoms with van der Waals surface area (Å²) in [6.07, 6.45) is 0. The summed E-state index contributed by atoms with van der Waals surface area (Å²) < 4.78 is 0.631. The van der Waals surface area contributed by atoms with E-state index >= 15 is 0 Å². The van der Waals surface area contributed by atoms with Gasteiger partial charge in [-0.2, -0.15) is 0 Å². The number of nitrogen functional groups attached to an aromatic ring is 1. The van der Waals surface area contributed by atoms with Crippen molar-refractivity contribution in [3.8, 4) is 0 Å². The summed E-state index contributed by atoms with van der Waals surface area (Å²) in [5.74, 6) is -0.351. The first-order valence-electron chi connectivity index (χ1n) is 6.06. The number of nitrogens with zero attached hydrogens (tertiary/aromatic N) is 3. The lowest BCUT2D eigenvalue weighted by Gasteiger charge is -2.52. The van der Waals surface area contributed by atoms with Crippen LogP contribution in [0.2, 0.25) is 0 Å². The van der Waals surface area contributed by atoms with E-state index in [1.807, 2.05) is 0 Å². The number of rotatable bonds is 4. The third kappa shape index (κ3) is 2.47. The molecule has 1 aromatic rings. The number of nitrogens with two attached hydrogens (primary N) is 2. The molecule has 5 N–H and O–H groups in total. The van der Waals surface area contributed by atoms with Gasteiger partial charge in [-0.3, -0.25) is 9.59 Å². The Labute approximate surface area is 132 Å². The lowest BCUT2D eigenvalue weighted by Crippen LogP contribution is -2.72. The van der Waals surface area contributed by atoms with E-state index in [2.05, 4.69) is 10.2 Å². The first-order chi connectivity index (χ1) is 9.93. The summed E-state index contributed by atoms with van der Waals surface area (Å²) in [4.78, 5) is 25.0. The van der Waals surface area contributed by atoms with Crippen molar-refractivity contribution in [3.63, 3.8) is 0 Å². The highest BCUT2D eigenvalue weighted by Crippen LogP contribution is 2.44. The fourth-order valence-corrected chi connectivity index (χ4v) is 5.73. The van der Waals surface area contributed by atoms with Crippen molar-refractivity contribution in [2.24, 2.45) is 11.1 Å². The van der Waals surface area contributed by atoms with Crippen LogP contribution in [0, 0.1) is 5.41 Å². The normalized spacial score (nSPS) is 31.7. The molecular weight excluding hydrogens is 334 g/mol. The second-order valence-electron chi connectivity index (χ2n) is 4.97. The van der Waals surface area contributed by atoms with Gasteiger partial charge in [-0.25, -0.2) is 0 Å². The fourth-order valence-electron chi connectivity index (χ4n) is 2.29. The largest absolute Gasteiger partial charge is 0.481 e. The summed E-state index contributed by atoms with van der Waals surface area (Å²) in [6, 6.07) is -0.502. The van der Waals surface area contributed by atoms with Gasteiger partial charge in [0.25, 0.3) is 0 Å². The highest BCUT2D eigenvalue weighted by atomic mass is 32.2. The standard InChI is InChI=1S/C10H13N5O3S3/c11-4-5(16)15-1-10(7(17)18,2-19-6(4)15)3-20-9-14-13-8(12)21-9/h4,6H,1-3,11H2,(H2,12,13)(H,17,18)/t4?,6-,10?/m1/s1. The number of aromatic nitrogens is 2. The smallest absolute Gasteiger partial charge is 0.313 e. The predicted octanol–water partition coefficient (Wildman–Crippen LogP) is -0.474. The van der Waals surface area contributed by atoms with Gasteiger partial charge in [-0.1, -0.05) is 23.1 Å². The van der Waals surface area contributed by atoms with Crippen molar-refractivity contribution in [3.05, 3.63) is 0 Å². The molecule has 11 heteroatoms. The summed E-state index contributed by atoms with van der Waals surface area (Å²) in [5.41, 5.74) is 10.2. The minimum absolute atomic E-state index is 0.0906. The van der Waals surface area contributed by atoms with Gasteiger partial charge in [0.05, 0.1) is 0 Å². The van der Waals surface area contributed by atoms with Crippen LogP contribution in [0.5, 0.6) is 0 Å². The molecule has 0 aliphatic carbocycles. The number of carbonyl (C=O) groups excluding carboxylic acids is 1. The lowest BCUT2D eigenvalue weighted by molar-refractivity contribution is -0.155. The highest BCUT2D eigenvalue weighted by molar-refractivity contribution is 8.01. The molecule has 2 saturated heterocycles. The van der Waals surface area contributed by atoms with E-state index in [0.717, 1.165) is 0 Å². The number of carbonyl (C=O) groups is 2. The Morgan fingerprint density at radius 2 is 2.33 bits per heavy atom. The van der Waals surface area contributed by atoms with Crippen LogP contribution in [0.1, 0.15) is 0 Å². The molecule has 3 heterocycles. The minimum Gasteiger partial charge on any atom is -0.481 e. The first-order valence-corrected chi connectivity index (χ1v) is 8.91. The van der Waals surface area contributed by atoms with E-state index < -0.39 is 17.4 Å². The number of anilines is 1. The van der Waals surface area contributed by atoms with Crippen molar-refractivity contribution >= 4 is 51.9 Å². The molecule has 0 bridgehead atoms. The van der Waals surface area contributed by atoms with E-state index in [0.29, 0.717) is 21.0 Å². The average Bonchev–Trinajstić information content (AvgIpc) is 2.89. The van der Waals surface area contributed by atoms with E-state index in [4.69, 9.17) is 11.5 Å². The number of amides is 1. The number of hydrogen-bond donors (Lipinski definition) is 3. The number of fused-ring (bicyclic) bond motifs is 1. The van der Waals surface area contributed by atoms with Crippen LogP contribution in [-0.4, -0.2) is 61.5 Å². The summed E-state index contributed by atoms with van der Waals surface area (Å²) in [5, 5.41) is 17.4. The second-order valence-corrected chi connectivity index (χ2v) is 8.31. The Bertz CT molecular complexity index is 596. The molecule has 2 unspecified atom stereocenters. The molecule has 1 aromatic heterocycles. The predicted molar refractivity (Wildman–Crippen MR) is 81.0 cm³/mol. The molecule has 3 rings (SSSR count). The van der Waals surface area contributed by atoms with Gasteiger partial charge in [-0.05, 0) is 0 Å². The van der Waals surface area contributed by atoms with Crippen molar-refractivity contribution in [2.45, 2.75) is 15.8 Å². The van der Waals surface area contributed by atoms with Crippen LogP contribution >= 0.6 is 34.9 Å². The fraction of sp³-hybridized carbons (Fsp3) is 0.600. The maximum absolute atomic E-state index is 11.7. The van der Waals surface area contributed by atoms with Gasteiger partial charge in [0.15, 0.2) is 4.34 Å². The number of carboxylic acid groups (broad SMARTS) is 1. The van der Waals surface area contributed by atoms with Crippen LogP contribution in [0.25, 0.3) is 0 Å². The molecule has 0 saturated carbocycles. The second kappa shape index (κ2) is 5.30. The van der Waals surface area contributed by atoms with Gasteiger partial charge in [0.1, 0.15) is 16.8 Å². The molecule has 0 radical (unpaired) electrons. The Morgan fingerprint density at radius 1 is 1.57 bits per heavy atom. The number of thioether (sulfide) groups is 2. The molecule has 0 aromatic carbocycles.